The largest absolute Gasteiger partial charge is 0.493 e. The lowest BCUT2D eigenvalue weighted by Crippen LogP contribution is -2.48. The summed E-state index contributed by atoms with van der Waals surface area (Å²) in [5.74, 6) is 2.11. The SMILES string of the molecule is C=CC(=O)NC1CCCCC1Nc1ncc2c(n1)N(C)C(=O)N(c1cc(OC)c(OC)c(OC)c1)C2. The molecule has 11 nitrogen and oxygen atoms in total. The average molecular weight is 497 g/mol. The van der Waals surface area contributed by atoms with Crippen molar-refractivity contribution in [2.75, 3.05) is 43.5 Å². The number of nitrogens with zero attached hydrogens (tertiary/aromatic N) is 4. The van der Waals surface area contributed by atoms with Gasteiger partial charge in [-0.1, -0.05) is 19.4 Å². The Kier molecular flexibility index (Phi) is 7.47. The molecule has 3 amide bonds. The van der Waals surface area contributed by atoms with Crippen molar-refractivity contribution in [1.29, 1.82) is 0 Å². The maximum atomic E-state index is 13.4. The molecule has 1 aliphatic carbocycles. The number of amides is 3. The van der Waals surface area contributed by atoms with E-state index in [9.17, 15) is 9.59 Å². The van der Waals surface area contributed by atoms with E-state index < -0.39 is 0 Å². The molecule has 1 aromatic heterocycles. The lowest BCUT2D eigenvalue weighted by Gasteiger charge is -2.35. The Balaban J connectivity index is 1.58. The molecule has 1 fully saturated rings. The Morgan fingerprint density at radius 3 is 2.39 bits per heavy atom. The minimum absolute atomic E-state index is 0.0129. The molecule has 2 atom stereocenters. The highest BCUT2D eigenvalue weighted by molar-refractivity contribution is 6.05. The van der Waals surface area contributed by atoms with E-state index in [2.05, 4.69) is 27.2 Å². The second kappa shape index (κ2) is 10.7. The predicted octanol–water partition coefficient (Wildman–Crippen LogP) is 3.10. The van der Waals surface area contributed by atoms with Crippen LogP contribution in [0.5, 0.6) is 17.2 Å². The van der Waals surface area contributed by atoms with Crippen LogP contribution in [0.25, 0.3) is 0 Å². The van der Waals surface area contributed by atoms with E-state index in [1.165, 1.54) is 32.3 Å². The minimum atomic E-state index is -0.254. The van der Waals surface area contributed by atoms with Crippen molar-refractivity contribution >= 4 is 29.4 Å². The predicted molar refractivity (Wildman–Crippen MR) is 136 cm³/mol. The molecular weight excluding hydrogens is 464 g/mol. The Morgan fingerprint density at radius 2 is 1.78 bits per heavy atom. The molecule has 0 saturated heterocycles. The van der Waals surface area contributed by atoms with Gasteiger partial charge in [-0.15, -0.1) is 0 Å². The van der Waals surface area contributed by atoms with Crippen molar-refractivity contribution in [2.45, 2.75) is 44.3 Å². The van der Waals surface area contributed by atoms with Crippen molar-refractivity contribution < 1.29 is 23.8 Å². The fraction of sp³-hybridized carbons (Fsp3) is 0.440. The van der Waals surface area contributed by atoms with E-state index in [-0.39, 0.29) is 30.6 Å². The number of rotatable bonds is 8. The topological polar surface area (TPSA) is 118 Å². The molecule has 0 spiro atoms. The van der Waals surface area contributed by atoms with Gasteiger partial charge < -0.3 is 24.8 Å². The summed E-state index contributed by atoms with van der Waals surface area (Å²) < 4.78 is 16.3. The zero-order chi connectivity index (χ0) is 25.8. The molecule has 2 aliphatic rings. The first-order valence-corrected chi connectivity index (χ1v) is 11.8. The lowest BCUT2D eigenvalue weighted by molar-refractivity contribution is -0.117. The standard InChI is InChI=1S/C25H32N6O5/c1-6-21(32)27-17-9-7-8-10-18(17)28-24-26-13-15-14-31(25(33)30(2)23(15)29-24)16-11-19(34-3)22(36-5)20(12-16)35-4/h6,11-13,17-18H,1,7-10,14H2,2-5H3,(H,27,32)(H,26,28,29). The number of urea groups is 1. The van der Waals surface area contributed by atoms with Crippen LogP contribution in [0.15, 0.2) is 31.0 Å². The van der Waals surface area contributed by atoms with Gasteiger partial charge in [0, 0.05) is 43.0 Å². The van der Waals surface area contributed by atoms with Gasteiger partial charge in [-0.2, -0.15) is 4.98 Å². The van der Waals surface area contributed by atoms with Crippen LogP contribution in [0, 0.1) is 0 Å². The van der Waals surface area contributed by atoms with Crippen LogP contribution < -0.4 is 34.6 Å². The number of carbonyl (C=O) groups is 2. The summed E-state index contributed by atoms with van der Waals surface area (Å²) in [4.78, 5) is 37.5. The summed E-state index contributed by atoms with van der Waals surface area (Å²) in [5, 5.41) is 6.35. The van der Waals surface area contributed by atoms with Gasteiger partial charge in [-0.25, -0.2) is 9.78 Å². The number of methoxy groups -OCH3 is 3. The van der Waals surface area contributed by atoms with Crippen molar-refractivity contribution in [2.24, 2.45) is 0 Å². The van der Waals surface area contributed by atoms with E-state index in [1.807, 2.05) is 0 Å². The van der Waals surface area contributed by atoms with Crippen LogP contribution in [-0.4, -0.2) is 62.4 Å². The first kappa shape index (κ1) is 25.1. The first-order chi connectivity index (χ1) is 17.4. The van der Waals surface area contributed by atoms with Crippen LogP contribution in [0.2, 0.25) is 0 Å². The fourth-order valence-corrected chi connectivity index (χ4v) is 4.69. The van der Waals surface area contributed by atoms with Crippen LogP contribution in [0.4, 0.5) is 22.2 Å². The number of ether oxygens (including phenoxy) is 3. The maximum absolute atomic E-state index is 13.4. The van der Waals surface area contributed by atoms with E-state index in [4.69, 9.17) is 14.2 Å². The Hall–Kier alpha value is -4.02. The van der Waals surface area contributed by atoms with Crippen molar-refractivity contribution in [3.8, 4) is 17.2 Å². The monoisotopic (exact) mass is 496 g/mol. The number of hydrogen-bond donors (Lipinski definition) is 2. The highest BCUT2D eigenvalue weighted by atomic mass is 16.5. The van der Waals surface area contributed by atoms with Crippen LogP contribution >= 0.6 is 0 Å². The minimum Gasteiger partial charge on any atom is -0.493 e. The molecule has 192 valence electrons. The van der Waals surface area contributed by atoms with E-state index in [0.29, 0.717) is 34.7 Å². The second-order valence-electron chi connectivity index (χ2n) is 8.71. The number of fused-ring (bicyclic) bond motifs is 1. The van der Waals surface area contributed by atoms with Gasteiger partial charge in [-0.05, 0) is 18.9 Å². The van der Waals surface area contributed by atoms with Gasteiger partial charge in [0.2, 0.25) is 17.6 Å². The second-order valence-corrected chi connectivity index (χ2v) is 8.71. The molecule has 11 heteroatoms. The molecule has 2 aromatic rings. The molecular formula is C25H32N6O5. The summed E-state index contributed by atoms with van der Waals surface area (Å²) >= 11 is 0. The van der Waals surface area contributed by atoms with Crippen LogP contribution in [0.1, 0.15) is 31.2 Å². The van der Waals surface area contributed by atoms with Gasteiger partial charge in [0.05, 0.1) is 33.6 Å². The molecule has 36 heavy (non-hydrogen) atoms. The lowest BCUT2D eigenvalue weighted by atomic mass is 9.90. The number of carbonyl (C=O) groups excluding carboxylic acids is 2. The highest BCUT2D eigenvalue weighted by Gasteiger charge is 2.33. The Labute approximate surface area is 210 Å². The smallest absolute Gasteiger partial charge is 0.330 e. The third-order valence-electron chi connectivity index (χ3n) is 6.56. The van der Waals surface area contributed by atoms with Crippen LogP contribution in [-0.2, 0) is 11.3 Å². The quantitative estimate of drug-likeness (QED) is 0.536. The Bertz CT molecular complexity index is 1130. The van der Waals surface area contributed by atoms with E-state index in [0.717, 1.165) is 31.2 Å². The average Bonchev–Trinajstić information content (AvgIpc) is 2.90. The van der Waals surface area contributed by atoms with Gasteiger partial charge in [-0.3, -0.25) is 14.6 Å². The third-order valence-corrected chi connectivity index (χ3v) is 6.56. The van der Waals surface area contributed by atoms with Crippen molar-refractivity contribution in [3.63, 3.8) is 0 Å². The highest BCUT2D eigenvalue weighted by Crippen LogP contribution is 2.42. The third kappa shape index (κ3) is 4.86. The van der Waals surface area contributed by atoms with Crippen molar-refractivity contribution in [1.82, 2.24) is 15.3 Å². The number of nitrogens with one attached hydrogen (secondary N) is 2. The van der Waals surface area contributed by atoms with Gasteiger partial charge in [0.1, 0.15) is 5.82 Å². The number of anilines is 3. The molecule has 2 N–H and O–H groups in total. The van der Waals surface area contributed by atoms with Gasteiger partial charge in [0.25, 0.3) is 0 Å². The summed E-state index contributed by atoms with van der Waals surface area (Å²) in [7, 11) is 6.27. The zero-order valence-electron chi connectivity index (χ0n) is 21.0. The van der Waals surface area contributed by atoms with Gasteiger partial charge in [0.15, 0.2) is 11.5 Å². The maximum Gasteiger partial charge on any atom is 0.330 e. The summed E-state index contributed by atoms with van der Waals surface area (Å²) in [6.07, 6.45) is 6.83. The molecule has 0 radical (unpaired) electrons. The Morgan fingerprint density at radius 1 is 1.11 bits per heavy atom. The molecule has 2 heterocycles. The number of hydrogen-bond acceptors (Lipinski definition) is 8. The number of aromatic nitrogens is 2. The summed E-state index contributed by atoms with van der Waals surface area (Å²) in [6, 6.07) is 3.15. The number of benzene rings is 1. The first-order valence-electron chi connectivity index (χ1n) is 11.8. The van der Waals surface area contributed by atoms with Crippen molar-refractivity contribution in [3.05, 3.63) is 36.5 Å². The molecule has 2 unspecified atom stereocenters. The van der Waals surface area contributed by atoms with Gasteiger partial charge >= 0.3 is 6.03 Å². The zero-order valence-corrected chi connectivity index (χ0v) is 21.0. The molecule has 0 bridgehead atoms. The summed E-state index contributed by atoms with van der Waals surface area (Å²) in [6.45, 7) is 3.81. The molecule has 1 aliphatic heterocycles. The summed E-state index contributed by atoms with van der Waals surface area (Å²) in [5.41, 5.74) is 1.38. The molecule has 1 aromatic carbocycles. The van der Waals surface area contributed by atoms with Crippen LogP contribution in [0.3, 0.4) is 0 Å². The normalized spacial score (nSPS) is 19.3. The van der Waals surface area contributed by atoms with E-state index >= 15 is 0 Å². The van der Waals surface area contributed by atoms with E-state index in [1.54, 1.807) is 30.3 Å². The fourth-order valence-electron chi connectivity index (χ4n) is 4.69. The molecule has 4 rings (SSSR count). The molecule has 1 saturated carbocycles.